The molecule has 0 saturated carbocycles. The van der Waals surface area contributed by atoms with Crippen LogP contribution in [0.5, 0.6) is 0 Å². The van der Waals surface area contributed by atoms with Crippen molar-refractivity contribution in [2.24, 2.45) is 0 Å². The molecular formula is C10H16O2. The molecule has 0 radical (unpaired) electrons. The van der Waals surface area contributed by atoms with Gasteiger partial charge in [0.15, 0.2) is 0 Å². The molecule has 0 aromatic rings. The van der Waals surface area contributed by atoms with Crippen molar-refractivity contribution in [2.45, 2.75) is 27.2 Å². The highest BCUT2D eigenvalue weighted by Crippen LogP contribution is 1.93. The summed E-state index contributed by atoms with van der Waals surface area (Å²) in [6.07, 6.45) is 6.21. The molecule has 0 rings (SSSR count). The lowest BCUT2D eigenvalue weighted by Crippen LogP contribution is -2.01. The van der Waals surface area contributed by atoms with Gasteiger partial charge in [-0.1, -0.05) is 24.6 Å². The van der Waals surface area contributed by atoms with Crippen LogP contribution in [-0.4, -0.2) is 12.6 Å². The molecule has 0 spiro atoms. The summed E-state index contributed by atoms with van der Waals surface area (Å²) in [6.45, 7) is 6.12. The molecular weight excluding hydrogens is 152 g/mol. The molecule has 0 amide bonds. The van der Waals surface area contributed by atoms with Crippen molar-refractivity contribution < 1.29 is 9.53 Å². The van der Waals surface area contributed by atoms with E-state index in [4.69, 9.17) is 4.74 Å². The van der Waals surface area contributed by atoms with Crippen LogP contribution in [0, 0.1) is 0 Å². The van der Waals surface area contributed by atoms with E-state index < -0.39 is 0 Å². The standard InChI is InChI=1S/C10H16O2/c1-4-9(3)7-6-8-12-10(11)5-2/h4,6-7H,5,8H2,1-3H3/b7-6+,9-4+. The van der Waals surface area contributed by atoms with Gasteiger partial charge in [0.2, 0.25) is 0 Å². The Morgan fingerprint density at radius 3 is 2.67 bits per heavy atom. The largest absolute Gasteiger partial charge is 0.461 e. The Kier molecular flexibility index (Phi) is 6.07. The second kappa shape index (κ2) is 6.65. The monoisotopic (exact) mass is 168 g/mol. The Morgan fingerprint density at radius 2 is 2.17 bits per heavy atom. The van der Waals surface area contributed by atoms with E-state index >= 15 is 0 Å². The van der Waals surface area contributed by atoms with Gasteiger partial charge in [0, 0.05) is 6.42 Å². The SMILES string of the molecule is C/C=C(C)/C=C/COC(=O)CC. The highest BCUT2D eigenvalue weighted by Gasteiger charge is 1.93. The summed E-state index contributed by atoms with van der Waals surface area (Å²) in [6, 6.07) is 0. The van der Waals surface area contributed by atoms with Gasteiger partial charge in [-0.05, 0) is 19.9 Å². The van der Waals surface area contributed by atoms with Crippen LogP contribution in [0.4, 0.5) is 0 Å². The minimum Gasteiger partial charge on any atom is -0.461 e. The van der Waals surface area contributed by atoms with Crippen molar-refractivity contribution >= 4 is 5.97 Å². The summed E-state index contributed by atoms with van der Waals surface area (Å²) < 4.78 is 4.83. The molecule has 0 N–H and O–H groups in total. The Balaban J connectivity index is 3.56. The van der Waals surface area contributed by atoms with Crippen LogP contribution in [0.25, 0.3) is 0 Å². The second-order valence-electron chi connectivity index (χ2n) is 2.47. The van der Waals surface area contributed by atoms with E-state index in [1.165, 1.54) is 5.57 Å². The highest BCUT2D eigenvalue weighted by atomic mass is 16.5. The minimum absolute atomic E-state index is 0.155. The first-order valence-corrected chi connectivity index (χ1v) is 4.15. The first-order valence-electron chi connectivity index (χ1n) is 4.15. The minimum atomic E-state index is -0.155. The summed E-state index contributed by atoms with van der Waals surface area (Å²) in [5, 5.41) is 0. The normalized spacial score (nSPS) is 12.1. The molecule has 0 unspecified atom stereocenters. The summed E-state index contributed by atoms with van der Waals surface area (Å²) in [5.74, 6) is -0.155. The molecule has 0 saturated heterocycles. The Hall–Kier alpha value is -1.05. The average Bonchev–Trinajstić information content (AvgIpc) is 2.11. The number of rotatable bonds is 4. The highest BCUT2D eigenvalue weighted by molar-refractivity contribution is 5.68. The van der Waals surface area contributed by atoms with E-state index in [9.17, 15) is 4.79 Å². The van der Waals surface area contributed by atoms with E-state index in [1.54, 1.807) is 6.92 Å². The van der Waals surface area contributed by atoms with Crippen LogP contribution in [-0.2, 0) is 9.53 Å². The zero-order chi connectivity index (χ0) is 9.40. The molecule has 0 aliphatic rings. The van der Waals surface area contributed by atoms with Gasteiger partial charge in [-0.25, -0.2) is 0 Å². The van der Waals surface area contributed by atoms with Gasteiger partial charge in [0.05, 0.1) is 0 Å². The summed E-state index contributed by atoms with van der Waals surface area (Å²) in [4.78, 5) is 10.7. The molecule has 2 heteroatoms. The van der Waals surface area contributed by atoms with Gasteiger partial charge in [-0.3, -0.25) is 4.79 Å². The van der Waals surface area contributed by atoms with Crippen LogP contribution in [0.3, 0.4) is 0 Å². The fraction of sp³-hybridized carbons (Fsp3) is 0.500. The van der Waals surface area contributed by atoms with Crippen molar-refractivity contribution in [3.63, 3.8) is 0 Å². The lowest BCUT2D eigenvalue weighted by molar-refractivity contribution is -0.141. The Labute approximate surface area is 73.9 Å². The quantitative estimate of drug-likeness (QED) is 0.476. The van der Waals surface area contributed by atoms with Crippen molar-refractivity contribution in [1.82, 2.24) is 0 Å². The molecule has 0 aliphatic carbocycles. The molecule has 0 aromatic heterocycles. The topological polar surface area (TPSA) is 26.3 Å². The lowest BCUT2D eigenvalue weighted by atomic mass is 10.3. The third-order valence-corrected chi connectivity index (χ3v) is 1.47. The molecule has 0 atom stereocenters. The van der Waals surface area contributed by atoms with Crippen LogP contribution in [0.1, 0.15) is 27.2 Å². The molecule has 12 heavy (non-hydrogen) atoms. The number of carbonyl (C=O) groups is 1. The van der Waals surface area contributed by atoms with E-state index in [0.717, 1.165) is 0 Å². The van der Waals surface area contributed by atoms with E-state index in [1.807, 2.05) is 32.1 Å². The molecule has 0 heterocycles. The molecule has 0 aromatic carbocycles. The van der Waals surface area contributed by atoms with Gasteiger partial charge in [-0.15, -0.1) is 0 Å². The summed E-state index contributed by atoms with van der Waals surface area (Å²) in [5.41, 5.74) is 1.17. The van der Waals surface area contributed by atoms with Crippen LogP contribution < -0.4 is 0 Å². The summed E-state index contributed by atoms with van der Waals surface area (Å²) in [7, 11) is 0. The van der Waals surface area contributed by atoms with Crippen molar-refractivity contribution in [3.8, 4) is 0 Å². The average molecular weight is 168 g/mol. The maximum absolute atomic E-state index is 10.7. The third-order valence-electron chi connectivity index (χ3n) is 1.47. The Morgan fingerprint density at radius 1 is 1.50 bits per heavy atom. The van der Waals surface area contributed by atoms with Gasteiger partial charge in [0.25, 0.3) is 0 Å². The first-order chi connectivity index (χ1) is 5.70. The second-order valence-corrected chi connectivity index (χ2v) is 2.47. The zero-order valence-electron chi connectivity index (χ0n) is 7.96. The van der Waals surface area contributed by atoms with Crippen LogP contribution >= 0.6 is 0 Å². The first kappa shape index (κ1) is 11.0. The third kappa shape index (κ3) is 5.71. The van der Waals surface area contributed by atoms with E-state index in [0.29, 0.717) is 13.0 Å². The molecule has 0 fully saturated rings. The lowest BCUT2D eigenvalue weighted by Gasteiger charge is -1.97. The molecule has 2 nitrogen and oxygen atoms in total. The smallest absolute Gasteiger partial charge is 0.305 e. The fourth-order valence-electron chi connectivity index (χ4n) is 0.573. The van der Waals surface area contributed by atoms with Gasteiger partial charge >= 0.3 is 5.97 Å². The molecule has 68 valence electrons. The number of esters is 1. The number of allylic oxidation sites excluding steroid dienone is 3. The van der Waals surface area contributed by atoms with Gasteiger partial charge < -0.3 is 4.74 Å². The number of hydrogen-bond acceptors (Lipinski definition) is 2. The van der Waals surface area contributed by atoms with Gasteiger partial charge in [-0.2, -0.15) is 0 Å². The number of carbonyl (C=O) groups excluding carboxylic acids is 1. The van der Waals surface area contributed by atoms with Crippen molar-refractivity contribution in [3.05, 3.63) is 23.8 Å². The summed E-state index contributed by atoms with van der Waals surface area (Å²) >= 11 is 0. The number of ether oxygens (including phenoxy) is 1. The maximum atomic E-state index is 10.7. The van der Waals surface area contributed by atoms with Crippen molar-refractivity contribution in [1.29, 1.82) is 0 Å². The molecule has 0 aliphatic heterocycles. The van der Waals surface area contributed by atoms with Crippen LogP contribution in [0.2, 0.25) is 0 Å². The maximum Gasteiger partial charge on any atom is 0.305 e. The number of hydrogen-bond donors (Lipinski definition) is 0. The van der Waals surface area contributed by atoms with E-state index in [-0.39, 0.29) is 5.97 Å². The van der Waals surface area contributed by atoms with E-state index in [2.05, 4.69) is 0 Å². The molecule has 0 bridgehead atoms. The predicted octanol–water partition coefficient (Wildman–Crippen LogP) is 2.46. The fourth-order valence-corrected chi connectivity index (χ4v) is 0.573. The van der Waals surface area contributed by atoms with Crippen LogP contribution in [0.15, 0.2) is 23.8 Å². The predicted molar refractivity (Wildman–Crippen MR) is 49.8 cm³/mol. The zero-order valence-corrected chi connectivity index (χ0v) is 7.96. The van der Waals surface area contributed by atoms with Gasteiger partial charge in [0.1, 0.15) is 6.61 Å². The Bertz CT molecular complexity index is 190. The van der Waals surface area contributed by atoms with Crippen molar-refractivity contribution in [2.75, 3.05) is 6.61 Å².